The fourth-order valence-corrected chi connectivity index (χ4v) is 3.63. The molecule has 2 unspecified atom stereocenters. The Kier molecular flexibility index (Phi) is 6.77. The summed E-state index contributed by atoms with van der Waals surface area (Å²) >= 11 is 0. The van der Waals surface area contributed by atoms with E-state index < -0.39 is 11.7 Å². The van der Waals surface area contributed by atoms with E-state index in [-0.39, 0.29) is 18.1 Å². The maximum absolute atomic E-state index is 12.7. The van der Waals surface area contributed by atoms with Crippen LogP contribution in [0.25, 0.3) is 0 Å². The number of alkyl halides is 3. The van der Waals surface area contributed by atoms with Gasteiger partial charge in [-0.25, -0.2) is 4.98 Å². The lowest BCUT2D eigenvalue weighted by molar-refractivity contribution is -0.137. The van der Waals surface area contributed by atoms with Crippen LogP contribution in [-0.2, 0) is 15.7 Å². The Bertz CT molecular complexity index is 648. The van der Waals surface area contributed by atoms with Crippen molar-refractivity contribution in [2.24, 2.45) is 0 Å². The Morgan fingerprint density at radius 2 is 2.11 bits per heavy atom. The zero-order valence-corrected chi connectivity index (χ0v) is 16.0. The third kappa shape index (κ3) is 5.35. The van der Waals surface area contributed by atoms with Crippen molar-refractivity contribution in [1.29, 1.82) is 0 Å². The van der Waals surface area contributed by atoms with Crippen LogP contribution < -0.4 is 10.2 Å². The second-order valence-electron chi connectivity index (χ2n) is 7.34. The lowest BCUT2D eigenvalue weighted by Gasteiger charge is -2.27. The molecule has 0 aliphatic carbocycles. The summed E-state index contributed by atoms with van der Waals surface area (Å²) in [6.07, 6.45) is -0.566. The van der Waals surface area contributed by atoms with Crippen molar-refractivity contribution >= 4 is 11.7 Å². The van der Waals surface area contributed by atoms with Gasteiger partial charge in [0.1, 0.15) is 5.82 Å². The van der Waals surface area contributed by atoms with Crippen LogP contribution in [0.5, 0.6) is 0 Å². The molecule has 6 nitrogen and oxygen atoms in total. The van der Waals surface area contributed by atoms with E-state index in [9.17, 15) is 18.0 Å². The molecule has 28 heavy (non-hydrogen) atoms. The van der Waals surface area contributed by atoms with Gasteiger partial charge in [0, 0.05) is 45.5 Å². The third-order valence-electron chi connectivity index (χ3n) is 5.38. The molecule has 0 spiro atoms. The highest BCUT2D eigenvalue weighted by Crippen LogP contribution is 2.29. The van der Waals surface area contributed by atoms with Gasteiger partial charge in [-0.3, -0.25) is 9.69 Å². The first-order valence-electron chi connectivity index (χ1n) is 9.76. The van der Waals surface area contributed by atoms with Gasteiger partial charge in [0.05, 0.1) is 17.7 Å². The maximum Gasteiger partial charge on any atom is 0.417 e. The zero-order chi connectivity index (χ0) is 20.1. The van der Waals surface area contributed by atoms with Crippen LogP contribution in [0, 0.1) is 0 Å². The lowest BCUT2D eigenvalue weighted by atomic mass is 10.2. The van der Waals surface area contributed by atoms with Gasteiger partial charge in [-0.1, -0.05) is 0 Å². The van der Waals surface area contributed by atoms with E-state index in [0.717, 1.165) is 44.7 Å². The van der Waals surface area contributed by atoms with Crippen molar-refractivity contribution in [2.75, 3.05) is 44.2 Å². The van der Waals surface area contributed by atoms with E-state index >= 15 is 0 Å². The minimum Gasteiger partial charge on any atom is -0.376 e. The van der Waals surface area contributed by atoms with E-state index in [1.807, 2.05) is 11.8 Å². The molecule has 0 saturated carbocycles. The average Bonchev–Trinajstić information content (AvgIpc) is 3.07. The number of aromatic nitrogens is 1. The molecule has 1 N–H and O–H groups in total. The summed E-state index contributed by atoms with van der Waals surface area (Å²) in [5.41, 5.74) is -0.746. The van der Waals surface area contributed by atoms with E-state index in [4.69, 9.17) is 4.74 Å². The molecule has 0 aromatic carbocycles. The van der Waals surface area contributed by atoms with Gasteiger partial charge in [0.25, 0.3) is 0 Å². The van der Waals surface area contributed by atoms with Gasteiger partial charge in [-0.15, -0.1) is 0 Å². The number of nitrogens with one attached hydrogen (secondary N) is 1. The third-order valence-corrected chi connectivity index (χ3v) is 5.38. The predicted octanol–water partition coefficient (Wildman–Crippen LogP) is 2.30. The number of pyridine rings is 1. The molecule has 3 rings (SSSR count). The molecule has 1 aromatic rings. The van der Waals surface area contributed by atoms with Crippen LogP contribution in [0.2, 0.25) is 0 Å². The van der Waals surface area contributed by atoms with E-state index in [0.29, 0.717) is 32.0 Å². The Labute approximate surface area is 163 Å². The number of amides is 1. The first-order valence-corrected chi connectivity index (χ1v) is 9.76. The van der Waals surface area contributed by atoms with Crippen molar-refractivity contribution in [3.8, 4) is 0 Å². The molecule has 2 saturated heterocycles. The molecule has 1 amide bonds. The second-order valence-corrected chi connectivity index (χ2v) is 7.34. The number of hydrogen-bond donors (Lipinski definition) is 1. The zero-order valence-electron chi connectivity index (χ0n) is 16.0. The molecule has 1 aromatic heterocycles. The maximum atomic E-state index is 12.7. The van der Waals surface area contributed by atoms with Crippen LogP contribution in [-0.4, -0.2) is 67.3 Å². The molecular weight excluding hydrogens is 373 g/mol. The highest BCUT2D eigenvalue weighted by Gasteiger charge is 2.31. The molecule has 3 heterocycles. The average molecular weight is 400 g/mol. The number of hydrogen-bond acceptors (Lipinski definition) is 5. The molecule has 2 aliphatic heterocycles. The summed E-state index contributed by atoms with van der Waals surface area (Å²) in [6.45, 7) is 5.90. The van der Waals surface area contributed by atoms with Crippen molar-refractivity contribution in [2.45, 2.75) is 44.5 Å². The lowest BCUT2D eigenvalue weighted by Crippen LogP contribution is -2.48. The van der Waals surface area contributed by atoms with E-state index in [2.05, 4.69) is 15.2 Å². The van der Waals surface area contributed by atoms with E-state index in [1.165, 1.54) is 6.07 Å². The van der Waals surface area contributed by atoms with Gasteiger partial charge < -0.3 is 15.0 Å². The summed E-state index contributed by atoms with van der Waals surface area (Å²) in [6, 6.07) is 2.21. The quantitative estimate of drug-likeness (QED) is 0.822. The number of nitrogens with zero attached hydrogens (tertiary/aromatic N) is 3. The molecule has 0 radical (unpaired) electrons. The molecule has 9 heteroatoms. The minimum absolute atomic E-state index is 0.0170. The smallest absolute Gasteiger partial charge is 0.376 e. The summed E-state index contributed by atoms with van der Waals surface area (Å²) < 4.78 is 43.6. The molecule has 2 fully saturated rings. The minimum atomic E-state index is -4.38. The number of halogens is 3. The van der Waals surface area contributed by atoms with Crippen LogP contribution in [0.4, 0.5) is 19.0 Å². The van der Waals surface area contributed by atoms with Crippen molar-refractivity contribution in [3.63, 3.8) is 0 Å². The largest absolute Gasteiger partial charge is 0.417 e. The fraction of sp³-hybridized carbons (Fsp3) is 0.684. The van der Waals surface area contributed by atoms with Gasteiger partial charge in [-0.2, -0.15) is 13.2 Å². The Morgan fingerprint density at radius 1 is 1.29 bits per heavy atom. The Morgan fingerprint density at radius 3 is 2.75 bits per heavy atom. The highest BCUT2D eigenvalue weighted by molar-refractivity contribution is 5.81. The highest BCUT2D eigenvalue weighted by atomic mass is 19.4. The first-order chi connectivity index (χ1) is 13.3. The summed E-state index contributed by atoms with van der Waals surface area (Å²) in [5, 5.41) is 2.97. The number of carbonyl (C=O) groups excluding carboxylic acids is 1. The van der Waals surface area contributed by atoms with E-state index in [1.54, 1.807) is 0 Å². The second kappa shape index (κ2) is 9.09. The van der Waals surface area contributed by atoms with Crippen LogP contribution >= 0.6 is 0 Å². The number of carbonyl (C=O) groups is 1. The molecular formula is C19H27F3N4O2. The fourth-order valence-electron chi connectivity index (χ4n) is 3.63. The normalized spacial score (nSPS) is 22.7. The number of ether oxygens (including phenoxy) is 1. The van der Waals surface area contributed by atoms with Crippen molar-refractivity contribution in [3.05, 3.63) is 23.9 Å². The first kappa shape index (κ1) is 20.9. The van der Waals surface area contributed by atoms with Gasteiger partial charge >= 0.3 is 6.18 Å². The Balaban J connectivity index is 1.51. The monoisotopic (exact) mass is 400 g/mol. The van der Waals surface area contributed by atoms with Crippen LogP contribution in [0.3, 0.4) is 0 Å². The molecule has 0 bridgehead atoms. The van der Waals surface area contributed by atoms with Crippen LogP contribution in [0.1, 0.15) is 31.7 Å². The SMILES string of the molecule is CC(C(=O)NCC1CCCO1)N1CCCN(c2ccc(C(F)(F)F)cn2)CC1. The van der Waals surface area contributed by atoms with Gasteiger partial charge in [0.2, 0.25) is 5.91 Å². The molecule has 2 aliphatic rings. The summed E-state index contributed by atoms with van der Waals surface area (Å²) in [7, 11) is 0. The topological polar surface area (TPSA) is 57.7 Å². The standard InChI is InChI=1S/C19H27F3N4O2/c1-14(18(27)24-13-16-4-2-11-28-16)25-7-3-8-26(10-9-25)17-6-5-15(12-23-17)19(20,21)22/h5-6,12,14,16H,2-4,7-11,13H2,1H3,(H,24,27). The Hall–Kier alpha value is -1.87. The molecule has 2 atom stereocenters. The summed E-state index contributed by atoms with van der Waals surface area (Å²) in [4.78, 5) is 20.5. The van der Waals surface area contributed by atoms with Gasteiger partial charge in [0.15, 0.2) is 0 Å². The van der Waals surface area contributed by atoms with Gasteiger partial charge in [-0.05, 0) is 38.3 Å². The van der Waals surface area contributed by atoms with Crippen molar-refractivity contribution in [1.82, 2.24) is 15.2 Å². The summed E-state index contributed by atoms with van der Waals surface area (Å²) in [5.74, 6) is 0.516. The van der Waals surface area contributed by atoms with Crippen molar-refractivity contribution < 1.29 is 22.7 Å². The predicted molar refractivity (Wildman–Crippen MR) is 99.1 cm³/mol. The molecule has 156 valence electrons. The number of rotatable bonds is 5. The van der Waals surface area contributed by atoms with Crippen LogP contribution in [0.15, 0.2) is 18.3 Å². The number of anilines is 1.